The molecule has 0 unspecified atom stereocenters. The number of nitrogens with zero attached hydrogens (tertiary/aromatic N) is 5. The molecule has 0 saturated heterocycles. The summed E-state index contributed by atoms with van der Waals surface area (Å²) in [7, 11) is 0. The Balaban J connectivity index is 1.75. The molecule has 0 saturated carbocycles. The predicted molar refractivity (Wildman–Crippen MR) is 86.4 cm³/mol. The number of hydrogen-bond donors (Lipinski definition) is 2. The maximum atomic E-state index is 12.7. The third-order valence-corrected chi connectivity index (χ3v) is 3.83. The predicted octanol–water partition coefficient (Wildman–Crippen LogP) is 2.31. The van der Waals surface area contributed by atoms with Gasteiger partial charge in [-0.3, -0.25) is 9.36 Å². The van der Waals surface area contributed by atoms with Crippen LogP contribution < -0.4 is 0 Å². The van der Waals surface area contributed by atoms with Crippen molar-refractivity contribution in [3.05, 3.63) is 65.2 Å². The van der Waals surface area contributed by atoms with Crippen LogP contribution in [-0.2, 0) is 0 Å². The highest BCUT2D eigenvalue weighted by molar-refractivity contribution is 6.02. The number of fused-ring (bicyclic) bond motifs is 1. The van der Waals surface area contributed by atoms with Gasteiger partial charge in [0.2, 0.25) is 5.82 Å². The van der Waals surface area contributed by atoms with Crippen LogP contribution in [0.4, 0.5) is 5.69 Å². The second-order valence-electron chi connectivity index (χ2n) is 5.32. The van der Waals surface area contributed by atoms with Gasteiger partial charge in [0.15, 0.2) is 0 Å². The molecule has 0 aliphatic rings. The fourth-order valence-electron chi connectivity index (χ4n) is 2.64. The molecule has 9 heteroatoms. The van der Waals surface area contributed by atoms with Crippen molar-refractivity contribution in [2.24, 2.45) is 0 Å². The van der Waals surface area contributed by atoms with Crippen molar-refractivity contribution < 1.29 is 14.9 Å². The van der Waals surface area contributed by atoms with Crippen molar-refractivity contribution >= 4 is 22.5 Å². The number of tetrazole rings is 1. The molecule has 2 aromatic heterocycles. The molecule has 0 aliphatic carbocycles. The molecule has 9 nitrogen and oxygen atoms in total. The molecule has 0 aliphatic heterocycles. The van der Waals surface area contributed by atoms with E-state index in [1.807, 2.05) is 6.07 Å². The van der Waals surface area contributed by atoms with Crippen molar-refractivity contribution in [2.75, 3.05) is 0 Å². The summed E-state index contributed by atoms with van der Waals surface area (Å²) in [6.07, 6.45) is 1.65. The second-order valence-corrected chi connectivity index (χ2v) is 5.32. The van der Waals surface area contributed by atoms with Gasteiger partial charge in [-0.05, 0) is 35.5 Å². The first-order valence-electron chi connectivity index (χ1n) is 7.29. The standard InChI is InChI=1S/C16H11N6O3/c23-16(12-2-1-3-13(9-12)22(24)25)21-7-6-10-8-11(4-5-14(10)21)15-17-19-20-18-15/h1-9H,(H,24,25)(H,17,18,19,20)/q+1. The van der Waals surface area contributed by atoms with Crippen LogP contribution in [0.3, 0.4) is 0 Å². The molecule has 0 bridgehead atoms. The van der Waals surface area contributed by atoms with Crippen LogP contribution in [0.2, 0.25) is 0 Å². The van der Waals surface area contributed by atoms with Crippen LogP contribution in [0, 0.1) is 4.91 Å². The van der Waals surface area contributed by atoms with Crippen molar-refractivity contribution in [3.63, 3.8) is 0 Å². The van der Waals surface area contributed by atoms with Gasteiger partial charge in [-0.2, -0.15) is 5.21 Å². The van der Waals surface area contributed by atoms with Crippen LogP contribution >= 0.6 is 0 Å². The number of aromatic nitrogens is 5. The van der Waals surface area contributed by atoms with E-state index in [0.717, 1.165) is 10.9 Å². The maximum Gasteiger partial charge on any atom is 0.317 e. The van der Waals surface area contributed by atoms with Gasteiger partial charge in [-0.25, -0.2) is 5.21 Å². The fourth-order valence-corrected chi connectivity index (χ4v) is 2.64. The van der Waals surface area contributed by atoms with E-state index in [1.54, 1.807) is 30.5 Å². The van der Waals surface area contributed by atoms with Gasteiger partial charge in [0.25, 0.3) is 10.8 Å². The molecule has 0 spiro atoms. The lowest BCUT2D eigenvalue weighted by Gasteiger charge is -2.04. The van der Waals surface area contributed by atoms with Gasteiger partial charge in [-0.15, -0.1) is 10.2 Å². The first kappa shape index (κ1) is 14.7. The molecule has 122 valence electrons. The molecule has 0 radical (unpaired) electrons. The number of nitrogens with one attached hydrogen (secondary N) is 1. The third-order valence-electron chi connectivity index (χ3n) is 3.83. The Bertz CT molecular complexity index is 1100. The number of hydrogen-bond acceptors (Lipinski definition) is 5. The molecule has 2 heterocycles. The highest BCUT2D eigenvalue weighted by Gasteiger charge is 2.17. The summed E-state index contributed by atoms with van der Waals surface area (Å²) in [4.78, 5) is 23.5. The van der Waals surface area contributed by atoms with E-state index in [4.69, 9.17) is 5.21 Å². The first-order valence-corrected chi connectivity index (χ1v) is 7.29. The van der Waals surface area contributed by atoms with Gasteiger partial charge < -0.3 is 0 Å². The normalized spacial score (nSPS) is 10.9. The zero-order chi connectivity index (χ0) is 17.4. The average Bonchev–Trinajstić information content (AvgIpc) is 3.30. The molecule has 4 rings (SSSR count). The van der Waals surface area contributed by atoms with Gasteiger partial charge in [0.05, 0.1) is 10.4 Å². The number of benzene rings is 2. The summed E-state index contributed by atoms with van der Waals surface area (Å²) in [5.74, 6) is 0.151. The summed E-state index contributed by atoms with van der Waals surface area (Å²) in [6.45, 7) is 0. The van der Waals surface area contributed by atoms with Crippen molar-refractivity contribution in [1.29, 1.82) is 0 Å². The summed E-state index contributed by atoms with van der Waals surface area (Å²) in [6, 6.07) is 13.1. The lowest BCUT2D eigenvalue weighted by Crippen LogP contribution is -2.11. The Hall–Kier alpha value is -3.88. The Morgan fingerprint density at radius 2 is 2.04 bits per heavy atom. The van der Waals surface area contributed by atoms with Crippen molar-refractivity contribution in [1.82, 2.24) is 25.2 Å². The molecule has 2 aromatic carbocycles. The van der Waals surface area contributed by atoms with E-state index in [9.17, 15) is 9.70 Å². The van der Waals surface area contributed by atoms with Crippen LogP contribution in [-0.4, -0.2) is 41.2 Å². The average molecular weight is 335 g/mol. The minimum absolute atomic E-state index is 0.0123. The smallest absolute Gasteiger partial charge is 0.283 e. The van der Waals surface area contributed by atoms with Gasteiger partial charge in [0, 0.05) is 34.8 Å². The van der Waals surface area contributed by atoms with Crippen LogP contribution in [0.5, 0.6) is 0 Å². The lowest BCUT2D eigenvalue weighted by molar-refractivity contribution is -0.729. The second kappa shape index (κ2) is 5.64. The Morgan fingerprint density at radius 3 is 2.80 bits per heavy atom. The fraction of sp³-hybridized carbons (Fsp3) is 0. The SMILES string of the molecule is O=C(c1cccc([N+](=O)O)c1)n1ccc2cc(-c3nn[nH]n3)ccc21. The van der Waals surface area contributed by atoms with Gasteiger partial charge >= 0.3 is 5.69 Å². The Labute approximate surface area is 140 Å². The van der Waals surface area contributed by atoms with Crippen LogP contribution in [0.1, 0.15) is 10.4 Å². The molecule has 2 N–H and O–H groups in total. The number of carbonyl (C=O) groups is 1. The van der Waals surface area contributed by atoms with Crippen LogP contribution in [0.25, 0.3) is 22.3 Å². The van der Waals surface area contributed by atoms with Crippen molar-refractivity contribution in [3.8, 4) is 11.4 Å². The highest BCUT2D eigenvalue weighted by atomic mass is 16.6. The molecule has 0 fully saturated rings. The molecule has 0 atom stereocenters. The number of carbonyl (C=O) groups excluding carboxylic acids is 1. The quantitative estimate of drug-likeness (QED) is 0.555. The summed E-state index contributed by atoms with van der Waals surface area (Å²) in [5, 5.41) is 23.6. The Kier molecular flexibility index (Phi) is 3.31. The molecule has 0 amide bonds. The Morgan fingerprint density at radius 1 is 1.16 bits per heavy atom. The summed E-state index contributed by atoms with van der Waals surface area (Å²) < 4.78 is 1.47. The van der Waals surface area contributed by atoms with E-state index in [-0.39, 0.29) is 22.1 Å². The van der Waals surface area contributed by atoms with E-state index in [0.29, 0.717) is 11.3 Å². The zero-order valence-corrected chi connectivity index (χ0v) is 12.7. The molecule has 4 aromatic rings. The minimum Gasteiger partial charge on any atom is -0.283 e. The number of rotatable bonds is 3. The topological polar surface area (TPSA) is 117 Å². The first-order chi connectivity index (χ1) is 12.1. The largest absolute Gasteiger partial charge is 0.317 e. The highest BCUT2D eigenvalue weighted by Crippen LogP contribution is 2.24. The van der Waals surface area contributed by atoms with Crippen LogP contribution in [0.15, 0.2) is 54.7 Å². The minimum atomic E-state index is -0.314. The van der Waals surface area contributed by atoms with E-state index in [2.05, 4.69) is 20.6 Å². The lowest BCUT2D eigenvalue weighted by atomic mass is 10.1. The van der Waals surface area contributed by atoms with E-state index < -0.39 is 0 Å². The van der Waals surface area contributed by atoms with Gasteiger partial charge in [0.1, 0.15) is 0 Å². The summed E-state index contributed by atoms with van der Waals surface area (Å²) >= 11 is 0. The van der Waals surface area contributed by atoms with E-state index >= 15 is 0 Å². The van der Waals surface area contributed by atoms with Gasteiger partial charge in [-0.1, -0.05) is 6.07 Å². The molecule has 25 heavy (non-hydrogen) atoms. The number of aromatic amines is 1. The molecular formula is C16H11N6O3+. The maximum absolute atomic E-state index is 12.7. The summed E-state index contributed by atoms with van der Waals surface area (Å²) in [5.41, 5.74) is 1.75. The monoisotopic (exact) mass is 335 g/mol. The van der Waals surface area contributed by atoms with Crippen molar-refractivity contribution in [2.45, 2.75) is 0 Å². The number of H-pyrrole nitrogens is 1. The third kappa shape index (κ3) is 2.53. The zero-order valence-electron chi connectivity index (χ0n) is 12.7. The van der Waals surface area contributed by atoms with E-state index in [1.165, 1.54) is 22.8 Å². The molecular weight excluding hydrogens is 324 g/mol.